The number of amides is 1. The van der Waals surface area contributed by atoms with E-state index in [-0.39, 0.29) is 11.9 Å². The third kappa shape index (κ3) is 4.24. The maximum absolute atomic E-state index is 12.2. The molecule has 0 bridgehead atoms. The van der Waals surface area contributed by atoms with Crippen LogP contribution in [0.4, 0.5) is 5.69 Å². The quantitative estimate of drug-likeness (QED) is 0.871. The highest BCUT2D eigenvalue weighted by molar-refractivity contribution is 6.31. The van der Waals surface area contributed by atoms with Crippen molar-refractivity contribution in [3.05, 3.63) is 40.9 Å². The number of hydrogen-bond acceptors (Lipinski definition) is 3. The molecule has 0 spiro atoms. The number of benzene rings is 1. The van der Waals surface area contributed by atoms with Gasteiger partial charge in [-0.3, -0.25) is 4.79 Å². The largest absolute Gasteiger partial charge is 0.369 e. The van der Waals surface area contributed by atoms with Crippen LogP contribution < -0.4 is 10.6 Å². The van der Waals surface area contributed by atoms with E-state index in [1.807, 2.05) is 30.9 Å². The summed E-state index contributed by atoms with van der Waals surface area (Å²) in [6.07, 6.45) is 4.28. The summed E-state index contributed by atoms with van der Waals surface area (Å²) >= 11 is 6.21. The lowest BCUT2D eigenvalue weighted by atomic mass is 10.1. The van der Waals surface area contributed by atoms with Crippen LogP contribution in [0, 0.1) is 6.92 Å². The van der Waals surface area contributed by atoms with Crippen molar-refractivity contribution in [2.24, 2.45) is 5.73 Å². The normalized spacial score (nSPS) is 17.6. The smallest absolute Gasteiger partial charge is 0.246 e. The molecule has 1 aromatic carbocycles. The van der Waals surface area contributed by atoms with Gasteiger partial charge in [-0.25, -0.2) is 0 Å². The Morgan fingerprint density at radius 1 is 1.32 bits per heavy atom. The molecule has 0 radical (unpaired) electrons. The minimum Gasteiger partial charge on any atom is -0.369 e. The van der Waals surface area contributed by atoms with Gasteiger partial charge in [-0.1, -0.05) is 23.7 Å². The fourth-order valence-corrected chi connectivity index (χ4v) is 2.83. The summed E-state index contributed by atoms with van der Waals surface area (Å²) in [7, 11) is 0. The van der Waals surface area contributed by atoms with Gasteiger partial charge in [0.15, 0.2) is 0 Å². The molecule has 2 N–H and O–H groups in total. The monoisotopic (exact) mass is 321 g/mol. The van der Waals surface area contributed by atoms with Gasteiger partial charge < -0.3 is 15.5 Å². The van der Waals surface area contributed by atoms with E-state index < -0.39 is 0 Å². The molecule has 1 atom stereocenters. The van der Waals surface area contributed by atoms with Gasteiger partial charge in [-0.2, -0.15) is 0 Å². The topological polar surface area (TPSA) is 49.6 Å². The molecule has 1 fully saturated rings. The molecule has 0 saturated carbocycles. The van der Waals surface area contributed by atoms with Crippen LogP contribution in [0.5, 0.6) is 0 Å². The molecule has 1 aliphatic heterocycles. The molecule has 2 rings (SSSR count). The Kier molecular flexibility index (Phi) is 5.86. The Hall–Kier alpha value is -1.52. The summed E-state index contributed by atoms with van der Waals surface area (Å²) in [6, 6.07) is 5.88. The van der Waals surface area contributed by atoms with Crippen molar-refractivity contribution in [1.29, 1.82) is 0 Å². The van der Waals surface area contributed by atoms with Crippen LogP contribution in [-0.2, 0) is 4.79 Å². The zero-order valence-corrected chi connectivity index (χ0v) is 14.0. The Balaban J connectivity index is 2.04. The van der Waals surface area contributed by atoms with Gasteiger partial charge in [0.25, 0.3) is 0 Å². The van der Waals surface area contributed by atoms with E-state index in [0.717, 1.165) is 42.3 Å². The van der Waals surface area contributed by atoms with E-state index in [4.69, 9.17) is 17.3 Å². The molecule has 1 unspecified atom stereocenters. The van der Waals surface area contributed by atoms with E-state index >= 15 is 0 Å². The van der Waals surface area contributed by atoms with Crippen LogP contribution in [0.3, 0.4) is 0 Å². The zero-order valence-electron chi connectivity index (χ0n) is 13.3. The van der Waals surface area contributed by atoms with Crippen molar-refractivity contribution in [2.75, 3.05) is 31.1 Å². The fraction of sp³-hybridized carbons (Fsp3) is 0.471. The molecule has 1 aliphatic rings. The van der Waals surface area contributed by atoms with Crippen molar-refractivity contribution in [1.82, 2.24) is 4.90 Å². The van der Waals surface area contributed by atoms with Crippen LogP contribution >= 0.6 is 11.6 Å². The van der Waals surface area contributed by atoms with Gasteiger partial charge in [0.1, 0.15) is 0 Å². The van der Waals surface area contributed by atoms with Crippen LogP contribution in [0.2, 0.25) is 5.02 Å². The number of nitrogens with two attached hydrogens (primary N) is 1. The lowest BCUT2D eigenvalue weighted by molar-refractivity contribution is -0.125. The highest BCUT2D eigenvalue weighted by atomic mass is 35.5. The van der Waals surface area contributed by atoms with E-state index in [0.29, 0.717) is 6.54 Å². The number of anilines is 1. The van der Waals surface area contributed by atoms with Gasteiger partial charge in [0, 0.05) is 49.0 Å². The minimum absolute atomic E-state index is 0.0435. The summed E-state index contributed by atoms with van der Waals surface area (Å²) in [4.78, 5) is 16.4. The maximum Gasteiger partial charge on any atom is 0.246 e. The average Bonchev–Trinajstić information content (AvgIpc) is 2.73. The third-order valence-corrected chi connectivity index (χ3v) is 4.34. The van der Waals surface area contributed by atoms with Crippen LogP contribution in [0.25, 0.3) is 0 Å². The van der Waals surface area contributed by atoms with E-state index in [1.165, 1.54) is 0 Å². The van der Waals surface area contributed by atoms with Crippen molar-refractivity contribution in [2.45, 2.75) is 26.3 Å². The van der Waals surface area contributed by atoms with E-state index in [2.05, 4.69) is 11.0 Å². The number of nitrogens with zero attached hydrogens (tertiary/aromatic N) is 2. The molecule has 0 aliphatic carbocycles. The highest BCUT2D eigenvalue weighted by Crippen LogP contribution is 2.27. The molecule has 120 valence electrons. The molecule has 1 heterocycles. The molecule has 0 aromatic heterocycles. The first-order valence-corrected chi connectivity index (χ1v) is 8.09. The minimum atomic E-state index is -0.0958. The molecule has 22 heavy (non-hydrogen) atoms. The molecule has 4 nitrogen and oxygen atoms in total. The zero-order chi connectivity index (χ0) is 16.1. The third-order valence-electron chi connectivity index (χ3n) is 3.93. The molecule has 5 heteroatoms. The number of carbonyl (C=O) groups is 1. The second-order valence-electron chi connectivity index (χ2n) is 5.77. The Bertz CT molecular complexity index is 557. The number of carbonyl (C=O) groups excluding carboxylic acids is 1. The molecule has 1 aromatic rings. The summed E-state index contributed by atoms with van der Waals surface area (Å²) in [5, 5.41) is 0.787. The molecular formula is C17H24ClN3O. The Labute approximate surface area is 137 Å². The summed E-state index contributed by atoms with van der Waals surface area (Å²) < 4.78 is 0. The number of hydrogen-bond donors (Lipinski definition) is 1. The molecule has 1 saturated heterocycles. The fourth-order valence-electron chi connectivity index (χ4n) is 2.66. The van der Waals surface area contributed by atoms with Crippen LogP contribution in [-0.4, -0.2) is 43.0 Å². The SMILES string of the molecule is Cc1c(Cl)cccc1N1CCCN(C(=O)/C=C/C(C)N)CC1. The first-order chi connectivity index (χ1) is 10.5. The summed E-state index contributed by atoms with van der Waals surface area (Å²) in [5.41, 5.74) is 7.91. The van der Waals surface area contributed by atoms with Gasteiger partial charge in [0.2, 0.25) is 5.91 Å². The maximum atomic E-state index is 12.2. The van der Waals surface area contributed by atoms with Crippen molar-refractivity contribution >= 4 is 23.2 Å². The van der Waals surface area contributed by atoms with Crippen molar-refractivity contribution in [3.8, 4) is 0 Å². The van der Waals surface area contributed by atoms with E-state index in [9.17, 15) is 4.79 Å². The Morgan fingerprint density at radius 2 is 2.09 bits per heavy atom. The second kappa shape index (κ2) is 7.65. The van der Waals surface area contributed by atoms with Gasteiger partial charge in [-0.15, -0.1) is 0 Å². The van der Waals surface area contributed by atoms with E-state index in [1.54, 1.807) is 12.2 Å². The lowest BCUT2D eigenvalue weighted by Crippen LogP contribution is -2.34. The first-order valence-electron chi connectivity index (χ1n) is 7.72. The lowest BCUT2D eigenvalue weighted by Gasteiger charge is -2.25. The molecule has 1 amide bonds. The Morgan fingerprint density at radius 3 is 2.82 bits per heavy atom. The molecular weight excluding hydrogens is 298 g/mol. The number of rotatable bonds is 3. The van der Waals surface area contributed by atoms with Gasteiger partial charge in [-0.05, 0) is 38.0 Å². The standard InChI is InChI=1S/C17H24ClN3O/c1-13(19)7-8-17(22)21-10-4-9-20(11-12-21)16-6-3-5-15(18)14(16)2/h3,5-8,13H,4,9-12,19H2,1-2H3/b8-7+. The van der Waals surface area contributed by atoms with Gasteiger partial charge >= 0.3 is 0 Å². The second-order valence-corrected chi connectivity index (χ2v) is 6.18. The average molecular weight is 322 g/mol. The number of halogens is 1. The highest BCUT2D eigenvalue weighted by Gasteiger charge is 2.19. The summed E-state index contributed by atoms with van der Waals surface area (Å²) in [5.74, 6) is 0.0435. The summed E-state index contributed by atoms with van der Waals surface area (Å²) in [6.45, 7) is 7.14. The van der Waals surface area contributed by atoms with Gasteiger partial charge in [0.05, 0.1) is 0 Å². The predicted octanol–water partition coefficient (Wildman–Crippen LogP) is 2.59. The van der Waals surface area contributed by atoms with Crippen LogP contribution in [0.1, 0.15) is 18.9 Å². The first kappa shape index (κ1) is 16.8. The predicted molar refractivity (Wildman–Crippen MR) is 92.4 cm³/mol. The van der Waals surface area contributed by atoms with Crippen molar-refractivity contribution in [3.63, 3.8) is 0 Å². The van der Waals surface area contributed by atoms with Crippen molar-refractivity contribution < 1.29 is 4.79 Å². The van der Waals surface area contributed by atoms with Crippen LogP contribution in [0.15, 0.2) is 30.4 Å².